The molecule has 1 saturated carbocycles. The first-order chi connectivity index (χ1) is 10.0. The summed E-state index contributed by atoms with van der Waals surface area (Å²) in [6.07, 6.45) is 5.21. The molecule has 0 radical (unpaired) electrons. The molecule has 1 aromatic rings. The second-order valence-electron chi connectivity index (χ2n) is 5.34. The zero-order valence-corrected chi connectivity index (χ0v) is 12.1. The molecule has 1 aliphatic rings. The second kappa shape index (κ2) is 6.56. The van der Waals surface area contributed by atoms with Crippen molar-refractivity contribution in [1.29, 1.82) is 0 Å². The monoisotopic (exact) mass is 292 g/mol. The Morgan fingerprint density at radius 2 is 2.05 bits per heavy atom. The van der Waals surface area contributed by atoms with Crippen LogP contribution in [0, 0.1) is 10.1 Å². The molecule has 0 heterocycles. The third kappa shape index (κ3) is 3.32. The maximum Gasteiger partial charge on any atom is 0.282 e. The number of nitro groups is 1. The van der Waals surface area contributed by atoms with Crippen LogP contribution in [0.5, 0.6) is 5.75 Å². The predicted molar refractivity (Wildman–Crippen MR) is 78.3 cm³/mol. The Balaban J connectivity index is 2.32. The summed E-state index contributed by atoms with van der Waals surface area (Å²) in [7, 11) is 0. The second-order valence-corrected chi connectivity index (χ2v) is 5.34. The summed E-state index contributed by atoms with van der Waals surface area (Å²) < 4.78 is 0. The number of amides is 1. The first kappa shape index (κ1) is 15.3. The van der Waals surface area contributed by atoms with Crippen molar-refractivity contribution in [3.05, 3.63) is 33.9 Å². The summed E-state index contributed by atoms with van der Waals surface area (Å²) in [6, 6.07) is 3.73. The van der Waals surface area contributed by atoms with Crippen molar-refractivity contribution in [1.82, 2.24) is 4.90 Å². The van der Waals surface area contributed by atoms with Crippen LogP contribution in [0.2, 0.25) is 0 Å². The molecular formula is C15H20N2O4. The minimum atomic E-state index is -0.582. The van der Waals surface area contributed by atoms with Gasteiger partial charge in [0.15, 0.2) is 0 Å². The molecule has 2 rings (SSSR count). The lowest BCUT2D eigenvalue weighted by molar-refractivity contribution is -0.385. The number of hydrogen-bond acceptors (Lipinski definition) is 4. The van der Waals surface area contributed by atoms with Gasteiger partial charge >= 0.3 is 0 Å². The molecule has 0 atom stereocenters. The molecule has 0 aromatic heterocycles. The number of carbonyl (C=O) groups excluding carboxylic acids is 1. The predicted octanol–water partition coefficient (Wildman–Crippen LogP) is 3.10. The van der Waals surface area contributed by atoms with Gasteiger partial charge in [0.1, 0.15) is 11.3 Å². The Kier molecular flexibility index (Phi) is 4.77. The molecule has 1 aromatic carbocycles. The van der Waals surface area contributed by atoms with E-state index in [4.69, 9.17) is 0 Å². The van der Waals surface area contributed by atoms with Crippen LogP contribution in [0.15, 0.2) is 18.2 Å². The first-order valence-corrected chi connectivity index (χ1v) is 7.33. The molecule has 6 nitrogen and oxygen atoms in total. The molecule has 1 amide bonds. The number of hydrogen-bond donors (Lipinski definition) is 1. The summed E-state index contributed by atoms with van der Waals surface area (Å²) in [4.78, 5) is 24.9. The molecule has 0 unspecified atom stereocenters. The average molecular weight is 292 g/mol. The van der Waals surface area contributed by atoms with Gasteiger partial charge in [-0.2, -0.15) is 0 Å². The van der Waals surface area contributed by atoms with Crippen molar-refractivity contribution in [3.63, 3.8) is 0 Å². The Morgan fingerprint density at radius 3 is 2.62 bits per heavy atom. The van der Waals surface area contributed by atoms with Gasteiger partial charge in [0.05, 0.1) is 4.92 Å². The number of phenolic OH excluding ortho intramolecular Hbond substituents is 1. The molecule has 1 aliphatic carbocycles. The number of rotatable bonds is 4. The van der Waals surface area contributed by atoms with E-state index in [2.05, 4.69) is 0 Å². The van der Waals surface area contributed by atoms with Crippen LogP contribution in [-0.4, -0.2) is 33.4 Å². The summed E-state index contributed by atoms with van der Waals surface area (Å²) in [5, 5.41) is 20.6. The third-order valence-electron chi connectivity index (χ3n) is 4.02. The van der Waals surface area contributed by atoms with E-state index in [0.29, 0.717) is 6.54 Å². The van der Waals surface area contributed by atoms with Gasteiger partial charge < -0.3 is 10.0 Å². The van der Waals surface area contributed by atoms with Gasteiger partial charge in [-0.25, -0.2) is 0 Å². The van der Waals surface area contributed by atoms with Crippen molar-refractivity contribution in [2.24, 2.45) is 0 Å². The van der Waals surface area contributed by atoms with Crippen LogP contribution in [-0.2, 0) is 0 Å². The van der Waals surface area contributed by atoms with Gasteiger partial charge in [-0.1, -0.05) is 19.3 Å². The molecular weight excluding hydrogens is 272 g/mol. The van der Waals surface area contributed by atoms with Crippen LogP contribution in [0.3, 0.4) is 0 Å². The van der Waals surface area contributed by atoms with Crippen LogP contribution >= 0.6 is 0 Å². The van der Waals surface area contributed by atoms with E-state index in [0.717, 1.165) is 25.7 Å². The molecule has 0 bridgehead atoms. The number of benzene rings is 1. The first-order valence-electron chi connectivity index (χ1n) is 7.33. The topological polar surface area (TPSA) is 83.7 Å². The van der Waals surface area contributed by atoms with E-state index in [1.807, 2.05) is 6.92 Å². The van der Waals surface area contributed by atoms with E-state index in [-0.39, 0.29) is 28.9 Å². The maximum atomic E-state index is 12.7. The van der Waals surface area contributed by atoms with Gasteiger partial charge in [0.25, 0.3) is 11.6 Å². The van der Waals surface area contributed by atoms with Crippen molar-refractivity contribution < 1.29 is 14.8 Å². The van der Waals surface area contributed by atoms with Gasteiger partial charge in [-0.05, 0) is 31.9 Å². The SMILES string of the molecule is CCN(C(=O)c1cc(O)ccc1[N+](=O)[O-])C1CCCCC1. The highest BCUT2D eigenvalue weighted by atomic mass is 16.6. The number of carbonyl (C=O) groups is 1. The zero-order chi connectivity index (χ0) is 15.4. The quantitative estimate of drug-likeness (QED) is 0.682. The largest absolute Gasteiger partial charge is 0.508 e. The van der Waals surface area contributed by atoms with E-state index in [1.54, 1.807) is 4.90 Å². The van der Waals surface area contributed by atoms with Crippen LogP contribution in [0.1, 0.15) is 49.4 Å². The summed E-state index contributed by atoms with van der Waals surface area (Å²) in [5.74, 6) is -0.504. The highest BCUT2D eigenvalue weighted by molar-refractivity contribution is 5.98. The van der Waals surface area contributed by atoms with Crippen LogP contribution in [0.4, 0.5) is 5.69 Å². The fraction of sp³-hybridized carbons (Fsp3) is 0.533. The zero-order valence-electron chi connectivity index (χ0n) is 12.1. The lowest BCUT2D eigenvalue weighted by atomic mass is 9.93. The highest BCUT2D eigenvalue weighted by Crippen LogP contribution is 2.28. The fourth-order valence-corrected chi connectivity index (χ4v) is 2.97. The molecule has 6 heteroatoms. The smallest absolute Gasteiger partial charge is 0.282 e. The Bertz CT molecular complexity index is 538. The molecule has 21 heavy (non-hydrogen) atoms. The minimum Gasteiger partial charge on any atom is -0.508 e. The molecule has 1 N–H and O–H groups in total. The van der Waals surface area contributed by atoms with Crippen molar-refractivity contribution in [3.8, 4) is 5.75 Å². The van der Waals surface area contributed by atoms with Crippen molar-refractivity contribution >= 4 is 11.6 Å². The van der Waals surface area contributed by atoms with Gasteiger partial charge in [-0.15, -0.1) is 0 Å². The van der Waals surface area contributed by atoms with E-state index in [1.165, 1.54) is 24.6 Å². The molecule has 1 fully saturated rings. The molecule has 0 spiro atoms. The summed E-state index contributed by atoms with van der Waals surface area (Å²) in [5.41, 5.74) is -0.292. The Morgan fingerprint density at radius 1 is 1.38 bits per heavy atom. The van der Waals surface area contributed by atoms with E-state index < -0.39 is 4.92 Å². The number of nitro benzene ring substituents is 1. The van der Waals surface area contributed by atoms with Crippen LogP contribution in [0.25, 0.3) is 0 Å². The van der Waals surface area contributed by atoms with Crippen LogP contribution < -0.4 is 0 Å². The fourth-order valence-electron chi connectivity index (χ4n) is 2.97. The van der Waals surface area contributed by atoms with Gasteiger partial charge in [0.2, 0.25) is 0 Å². The number of nitrogens with zero attached hydrogens (tertiary/aromatic N) is 2. The Labute approximate surface area is 123 Å². The average Bonchev–Trinajstić information content (AvgIpc) is 2.48. The standard InChI is InChI=1S/C15H20N2O4/c1-2-16(11-6-4-3-5-7-11)15(19)13-10-12(18)8-9-14(13)17(20)21/h8-11,18H,2-7H2,1H3. The molecule has 0 saturated heterocycles. The normalized spacial score (nSPS) is 15.7. The number of aromatic hydroxyl groups is 1. The molecule has 0 aliphatic heterocycles. The summed E-state index contributed by atoms with van der Waals surface area (Å²) in [6.45, 7) is 2.39. The van der Waals surface area contributed by atoms with Gasteiger partial charge in [-0.3, -0.25) is 14.9 Å². The maximum absolute atomic E-state index is 12.7. The van der Waals surface area contributed by atoms with E-state index >= 15 is 0 Å². The lowest BCUT2D eigenvalue weighted by Crippen LogP contribution is -2.41. The molecule has 114 valence electrons. The highest BCUT2D eigenvalue weighted by Gasteiger charge is 2.29. The van der Waals surface area contributed by atoms with Crippen molar-refractivity contribution in [2.45, 2.75) is 45.1 Å². The minimum absolute atomic E-state index is 0.0348. The lowest BCUT2D eigenvalue weighted by Gasteiger charge is -2.33. The number of phenols is 1. The van der Waals surface area contributed by atoms with E-state index in [9.17, 15) is 20.0 Å². The van der Waals surface area contributed by atoms with Gasteiger partial charge in [0, 0.05) is 18.7 Å². The summed E-state index contributed by atoms with van der Waals surface area (Å²) >= 11 is 0. The van der Waals surface area contributed by atoms with Crippen molar-refractivity contribution in [2.75, 3.05) is 6.54 Å². The Hall–Kier alpha value is -2.11. The third-order valence-corrected chi connectivity index (χ3v) is 4.02.